The van der Waals surface area contributed by atoms with E-state index in [-0.39, 0.29) is 43.6 Å². The smallest absolute Gasteiger partial charge is 0.242 e. The van der Waals surface area contributed by atoms with Crippen molar-refractivity contribution in [3.8, 4) is 0 Å². The van der Waals surface area contributed by atoms with Gasteiger partial charge in [0.25, 0.3) is 0 Å². The zero-order valence-corrected chi connectivity index (χ0v) is 21.9. The first-order valence-electron chi connectivity index (χ1n) is 11.6. The van der Waals surface area contributed by atoms with Gasteiger partial charge in [-0.2, -0.15) is 0 Å². The predicted molar refractivity (Wildman–Crippen MR) is 137 cm³/mol. The van der Waals surface area contributed by atoms with Crippen LogP contribution in [0.25, 0.3) is 0 Å². The molecule has 7 nitrogen and oxygen atoms in total. The molecular weight excluding hydrogens is 493 g/mol. The number of carbonyl (C=O) groups is 2. The van der Waals surface area contributed by atoms with Gasteiger partial charge in [-0.15, -0.1) is 0 Å². The fourth-order valence-corrected chi connectivity index (χ4v) is 4.85. The lowest BCUT2D eigenvalue weighted by molar-refractivity contribution is -0.141. The van der Waals surface area contributed by atoms with E-state index < -0.39 is 16.1 Å². The average Bonchev–Trinajstić information content (AvgIpc) is 2.80. The molecule has 0 unspecified atom stereocenters. The van der Waals surface area contributed by atoms with Crippen LogP contribution in [0.5, 0.6) is 0 Å². The minimum Gasteiger partial charge on any atom is -0.354 e. The van der Waals surface area contributed by atoms with Gasteiger partial charge in [-0.05, 0) is 55.2 Å². The maximum absolute atomic E-state index is 13.4. The Morgan fingerprint density at radius 1 is 1.11 bits per heavy atom. The number of benzene rings is 2. The van der Waals surface area contributed by atoms with Crippen molar-refractivity contribution < 1.29 is 22.4 Å². The van der Waals surface area contributed by atoms with Gasteiger partial charge in [0.2, 0.25) is 21.8 Å². The van der Waals surface area contributed by atoms with Crippen molar-refractivity contribution in [1.82, 2.24) is 10.2 Å². The van der Waals surface area contributed by atoms with Crippen LogP contribution in [-0.2, 0) is 26.2 Å². The third-order valence-corrected chi connectivity index (χ3v) is 6.88. The Labute approximate surface area is 212 Å². The second-order valence-corrected chi connectivity index (χ2v) is 10.6. The summed E-state index contributed by atoms with van der Waals surface area (Å²) in [4.78, 5) is 27.6. The Balaban J connectivity index is 2.19. The molecule has 2 aromatic rings. The summed E-state index contributed by atoms with van der Waals surface area (Å²) < 4.78 is 39.3. The fraction of sp³-hybridized carbons (Fsp3) is 0.440. The molecule has 2 rings (SSSR count). The Kier molecular flexibility index (Phi) is 11.0. The first-order chi connectivity index (χ1) is 16.6. The maximum atomic E-state index is 13.4. The molecule has 35 heavy (non-hydrogen) atoms. The summed E-state index contributed by atoms with van der Waals surface area (Å²) in [5.41, 5.74) is 1.11. The van der Waals surface area contributed by atoms with Gasteiger partial charge in [0.1, 0.15) is 11.9 Å². The fourth-order valence-electron chi connectivity index (χ4n) is 3.71. The number of nitrogens with zero attached hydrogens (tertiary/aromatic N) is 2. The largest absolute Gasteiger partial charge is 0.354 e. The molecule has 0 aliphatic carbocycles. The van der Waals surface area contributed by atoms with Crippen molar-refractivity contribution in [2.75, 3.05) is 23.7 Å². The van der Waals surface area contributed by atoms with Gasteiger partial charge < -0.3 is 10.2 Å². The molecule has 0 heterocycles. The Morgan fingerprint density at radius 2 is 1.80 bits per heavy atom. The standard InChI is InChI=1S/C25H33ClFN3O4S/c1-4-15-28-25(32)23(5-2)29(18-19-11-13-21(27)14-12-19)24(31)10-7-16-30(35(3,33)34)22-9-6-8-20(26)17-22/h6,8-9,11-14,17,23H,4-5,7,10,15-16,18H2,1-3H3,(H,28,32)/t23-/m0/s1. The van der Waals surface area contributed by atoms with Gasteiger partial charge in [0, 0.05) is 31.1 Å². The van der Waals surface area contributed by atoms with Gasteiger partial charge >= 0.3 is 0 Å². The first-order valence-corrected chi connectivity index (χ1v) is 13.8. The van der Waals surface area contributed by atoms with Gasteiger partial charge in [0.05, 0.1) is 11.9 Å². The molecule has 0 saturated carbocycles. The van der Waals surface area contributed by atoms with Crippen molar-refractivity contribution in [1.29, 1.82) is 0 Å². The molecule has 0 radical (unpaired) electrons. The summed E-state index contributed by atoms with van der Waals surface area (Å²) in [7, 11) is -3.60. The van der Waals surface area contributed by atoms with E-state index >= 15 is 0 Å². The van der Waals surface area contributed by atoms with E-state index in [1.807, 2.05) is 13.8 Å². The van der Waals surface area contributed by atoms with Crippen LogP contribution in [0, 0.1) is 5.82 Å². The van der Waals surface area contributed by atoms with Crippen molar-refractivity contribution in [3.05, 3.63) is 64.9 Å². The molecule has 10 heteroatoms. The molecule has 2 amide bonds. The van der Waals surface area contributed by atoms with Crippen LogP contribution >= 0.6 is 11.6 Å². The third-order valence-electron chi connectivity index (χ3n) is 5.45. The van der Waals surface area contributed by atoms with Crippen molar-refractivity contribution in [2.24, 2.45) is 0 Å². The zero-order valence-electron chi connectivity index (χ0n) is 20.3. The molecule has 1 atom stereocenters. The minimum atomic E-state index is -3.60. The van der Waals surface area contributed by atoms with Crippen molar-refractivity contribution >= 4 is 39.1 Å². The van der Waals surface area contributed by atoms with E-state index in [2.05, 4.69) is 5.32 Å². The number of nitrogens with one attached hydrogen (secondary N) is 1. The first kappa shape index (κ1) is 28.6. The summed E-state index contributed by atoms with van der Waals surface area (Å²) in [6, 6.07) is 11.6. The number of halogens is 2. The molecule has 0 bridgehead atoms. The lowest BCUT2D eigenvalue weighted by atomic mass is 10.1. The SMILES string of the molecule is CCCNC(=O)[C@H](CC)N(Cc1ccc(F)cc1)C(=O)CCCN(c1cccc(Cl)c1)S(C)(=O)=O. The van der Waals surface area contributed by atoms with E-state index in [4.69, 9.17) is 11.6 Å². The number of anilines is 1. The van der Waals surface area contributed by atoms with E-state index in [0.717, 1.165) is 12.7 Å². The Bertz CT molecular complexity index is 1100. The Morgan fingerprint density at radius 3 is 2.37 bits per heavy atom. The van der Waals surface area contributed by atoms with Gasteiger partial charge in [-0.25, -0.2) is 12.8 Å². The molecule has 0 aliphatic heterocycles. The lowest BCUT2D eigenvalue weighted by Gasteiger charge is -2.31. The van der Waals surface area contributed by atoms with Crippen LogP contribution in [-0.4, -0.2) is 50.5 Å². The monoisotopic (exact) mass is 525 g/mol. The second kappa shape index (κ2) is 13.4. The highest BCUT2D eigenvalue weighted by molar-refractivity contribution is 7.92. The summed E-state index contributed by atoms with van der Waals surface area (Å²) in [5.74, 6) is -0.921. The normalized spacial score (nSPS) is 12.1. The molecular formula is C25H33ClFN3O4S. The number of amides is 2. The van der Waals surface area contributed by atoms with Crippen molar-refractivity contribution in [2.45, 2.75) is 52.1 Å². The molecule has 2 aromatic carbocycles. The number of sulfonamides is 1. The number of hydrogen-bond donors (Lipinski definition) is 1. The third kappa shape index (κ3) is 8.81. The number of hydrogen-bond acceptors (Lipinski definition) is 4. The second-order valence-electron chi connectivity index (χ2n) is 8.28. The lowest BCUT2D eigenvalue weighted by Crippen LogP contribution is -2.49. The van der Waals surface area contributed by atoms with E-state index in [1.165, 1.54) is 21.3 Å². The van der Waals surface area contributed by atoms with Gasteiger partial charge in [-0.1, -0.05) is 43.6 Å². The quantitative estimate of drug-likeness (QED) is 0.421. The average molecular weight is 526 g/mol. The van der Waals surface area contributed by atoms with Gasteiger partial charge in [0.15, 0.2) is 0 Å². The highest BCUT2D eigenvalue weighted by atomic mass is 35.5. The summed E-state index contributed by atoms with van der Waals surface area (Å²) >= 11 is 6.02. The maximum Gasteiger partial charge on any atom is 0.242 e. The minimum absolute atomic E-state index is 0.0331. The molecule has 192 valence electrons. The van der Waals surface area contributed by atoms with Crippen LogP contribution in [0.4, 0.5) is 10.1 Å². The van der Waals surface area contributed by atoms with Crippen LogP contribution < -0.4 is 9.62 Å². The molecule has 0 fully saturated rings. The Hall–Kier alpha value is -2.65. The molecule has 0 aliphatic rings. The summed E-state index contributed by atoms with van der Waals surface area (Å²) in [6.07, 6.45) is 2.54. The van der Waals surface area contributed by atoms with E-state index in [9.17, 15) is 22.4 Å². The van der Waals surface area contributed by atoms with Crippen LogP contribution in [0.3, 0.4) is 0 Å². The molecule has 0 spiro atoms. The van der Waals surface area contributed by atoms with Crippen LogP contribution in [0.15, 0.2) is 48.5 Å². The summed E-state index contributed by atoms with van der Waals surface area (Å²) in [6.45, 7) is 4.48. The number of carbonyl (C=O) groups excluding carboxylic acids is 2. The van der Waals surface area contributed by atoms with Gasteiger partial charge in [-0.3, -0.25) is 13.9 Å². The van der Waals surface area contributed by atoms with Crippen LogP contribution in [0.2, 0.25) is 5.02 Å². The van der Waals surface area contributed by atoms with E-state index in [1.54, 1.807) is 36.4 Å². The predicted octanol–water partition coefficient (Wildman–Crippen LogP) is 4.36. The highest BCUT2D eigenvalue weighted by Crippen LogP contribution is 2.23. The molecule has 0 saturated heterocycles. The number of rotatable bonds is 13. The van der Waals surface area contributed by atoms with E-state index in [0.29, 0.717) is 29.2 Å². The molecule has 1 N–H and O–H groups in total. The van der Waals surface area contributed by atoms with Crippen molar-refractivity contribution in [3.63, 3.8) is 0 Å². The topological polar surface area (TPSA) is 86.8 Å². The summed E-state index contributed by atoms with van der Waals surface area (Å²) in [5, 5.41) is 3.25. The highest BCUT2D eigenvalue weighted by Gasteiger charge is 2.28. The van der Waals surface area contributed by atoms with Crippen LogP contribution in [0.1, 0.15) is 45.1 Å². The molecule has 0 aromatic heterocycles. The zero-order chi connectivity index (χ0) is 26.0.